The van der Waals surface area contributed by atoms with E-state index < -0.39 is 19.9 Å². The number of hydrogen-bond donors (Lipinski definition) is 2. The Kier molecular flexibility index (Phi) is 6.79. The molecule has 8 heteroatoms. The predicted octanol–water partition coefficient (Wildman–Crippen LogP) is 0.509. The van der Waals surface area contributed by atoms with Crippen LogP contribution < -0.4 is 10.0 Å². The smallest absolute Gasteiger partial charge is 0.240 e. The second-order valence-corrected chi connectivity index (χ2v) is 8.83. The summed E-state index contributed by atoms with van der Waals surface area (Å²) in [6.45, 7) is 3.65. The number of sulfone groups is 1. The highest BCUT2D eigenvalue weighted by atomic mass is 32.2. The van der Waals surface area contributed by atoms with Gasteiger partial charge in [-0.2, -0.15) is 0 Å². The molecule has 1 rings (SSSR count). The van der Waals surface area contributed by atoms with Crippen molar-refractivity contribution in [1.82, 2.24) is 10.0 Å². The van der Waals surface area contributed by atoms with Crippen molar-refractivity contribution in [2.75, 3.05) is 25.1 Å². The van der Waals surface area contributed by atoms with E-state index in [4.69, 9.17) is 0 Å². The molecule has 0 amide bonds. The average molecular weight is 334 g/mol. The summed E-state index contributed by atoms with van der Waals surface area (Å²) in [5.41, 5.74) is 1.01. The van der Waals surface area contributed by atoms with E-state index in [2.05, 4.69) is 10.0 Å². The summed E-state index contributed by atoms with van der Waals surface area (Å²) in [4.78, 5) is 0.183. The molecule has 120 valence electrons. The summed E-state index contributed by atoms with van der Waals surface area (Å²) < 4.78 is 48.3. The minimum atomic E-state index is -3.58. The van der Waals surface area contributed by atoms with Crippen LogP contribution in [-0.4, -0.2) is 41.9 Å². The molecular formula is C13H22N2O4S2. The Balaban J connectivity index is 2.57. The Hall–Kier alpha value is -0.960. The van der Waals surface area contributed by atoms with Gasteiger partial charge >= 0.3 is 0 Å². The molecule has 0 radical (unpaired) electrons. The van der Waals surface area contributed by atoms with E-state index in [0.717, 1.165) is 18.4 Å². The summed E-state index contributed by atoms with van der Waals surface area (Å²) in [5, 5.41) is 3.16. The largest absolute Gasteiger partial charge is 0.313 e. The summed E-state index contributed by atoms with van der Waals surface area (Å²) >= 11 is 0. The van der Waals surface area contributed by atoms with Crippen molar-refractivity contribution < 1.29 is 16.8 Å². The van der Waals surface area contributed by atoms with Gasteiger partial charge < -0.3 is 5.32 Å². The minimum Gasteiger partial charge on any atom is -0.313 e. The Morgan fingerprint density at radius 3 is 2.19 bits per heavy atom. The molecule has 1 aromatic carbocycles. The Labute approximate surface area is 126 Å². The SMILES string of the molecule is CCNCc1ccc(S(=O)(=O)NCCCS(C)(=O)=O)cc1. The van der Waals surface area contributed by atoms with Gasteiger partial charge in [0, 0.05) is 19.3 Å². The number of benzene rings is 1. The Morgan fingerprint density at radius 1 is 1.05 bits per heavy atom. The molecule has 1 aromatic rings. The molecular weight excluding hydrogens is 312 g/mol. The molecule has 0 aliphatic heterocycles. The zero-order valence-corrected chi connectivity index (χ0v) is 13.9. The van der Waals surface area contributed by atoms with E-state index in [0.29, 0.717) is 6.54 Å². The van der Waals surface area contributed by atoms with Gasteiger partial charge in [-0.3, -0.25) is 0 Å². The van der Waals surface area contributed by atoms with Gasteiger partial charge in [-0.05, 0) is 30.7 Å². The Bertz CT molecular complexity index is 637. The summed E-state index contributed by atoms with van der Waals surface area (Å²) in [5.74, 6) is -0.0306. The topological polar surface area (TPSA) is 92.3 Å². The molecule has 0 unspecified atom stereocenters. The molecule has 2 N–H and O–H groups in total. The summed E-state index contributed by atoms with van der Waals surface area (Å²) in [6, 6.07) is 6.61. The first-order chi connectivity index (χ1) is 9.74. The first-order valence-electron chi connectivity index (χ1n) is 6.71. The molecule has 0 aliphatic carbocycles. The molecule has 0 bridgehead atoms. The standard InChI is InChI=1S/C13H22N2O4S2/c1-3-14-11-12-5-7-13(8-6-12)21(18,19)15-9-4-10-20(2,16)17/h5-8,14-15H,3-4,9-11H2,1-2H3. The van der Waals surface area contributed by atoms with Gasteiger partial charge in [0.1, 0.15) is 9.84 Å². The maximum Gasteiger partial charge on any atom is 0.240 e. The minimum absolute atomic E-state index is 0.0306. The van der Waals surface area contributed by atoms with Crippen molar-refractivity contribution in [3.63, 3.8) is 0 Å². The highest BCUT2D eigenvalue weighted by molar-refractivity contribution is 7.90. The van der Waals surface area contributed by atoms with Crippen LogP contribution in [0.4, 0.5) is 0 Å². The lowest BCUT2D eigenvalue weighted by molar-refractivity contribution is 0.577. The lowest BCUT2D eigenvalue weighted by Crippen LogP contribution is -2.26. The fourth-order valence-corrected chi connectivity index (χ4v) is 3.42. The highest BCUT2D eigenvalue weighted by Gasteiger charge is 2.13. The van der Waals surface area contributed by atoms with E-state index >= 15 is 0 Å². The van der Waals surface area contributed by atoms with Gasteiger partial charge in [0.05, 0.1) is 10.6 Å². The fourth-order valence-electron chi connectivity index (χ4n) is 1.68. The monoisotopic (exact) mass is 334 g/mol. The molecule has 0 fully saturated rings. The first kappa shape index (κ1) is 18.1. The van der Waals surface area contributed by atoms with E-state index in [1.807, 2.05) is 6.92 Å². The normalized spacial score (nSPS) is 12.5. The van der Waals surface area contributed by atoms with Crippen molar-refractivity contribution >= 4 is 19.9 Å². The van der Waals surface area contributed by atoms with Crippen LogP contribution in [-0.2, 0) is 26.4 Å². The lowest BCUT2D eigenvalue weighted by Gasteiger charge is -2.08. The molecule has 0 aromatic heterocycles. The molecule has 0 aliphatic rings. The van der Waals surface area contributed by atoms with Gasteiger partial charge in [0.15, 0.2) is 0 Å². The first-order valence-corrected chi connectivity index (χ1v) is 10.3. The van der Waals surface area contributed by atoms with Crippen LogP contribution >= 0.6 is 0 Å². The van der Waals surface area contributed by atoms with Crippen LogP contribution in [0.2, 0.25) is 0 Å². The number of hydrogen-bond acceptors (Lipinski definition) is 5. The van der Waals surface area contributed by atoms with Gasteiger partial charge in [-0.25, -0.2) is 21.6 Å². The van der Waals surface area contributed by atoms with Crippen molar-refractivity contribution in [3.05, 3.63) is 29.8 Å². The van der Waals surface area contributed by atoms with Gasteiger partial charge in [0.2, 0.25) is 10.0 Å². The second kappa shape index (κ2) is 7.88. The lowest BCUT2D eigenvalue weighted by atomic mass is 10.2. The molecule has 21 heavy (non-hydrogen) atoms. The number of nitrogens with one attached hydrogen (secondary N) is 2. The van der Waals surface area contributed by atoms with E-state index in [1.54, 1.807) is 24.3 Å². The highest BCUT2D eigenvalue weighted by Crippen LogP contribution is 2.10. The molecule has 0 spiro atoms. The summed E-state index contributed by atoms with van der Waals surface area (Å²) in [7, 11) is -6.64. The quantitative estimate of drug-likeness (QED) is 0.642. The van der Waals surface area contributed by atoms with Crippen molar-refractivity contribution in [1.29, 1.82) is 0 Å². The van der Waals surface area contributed by atoms with Crippen molar-refractivity contribution in [2.24, 2.45) is 0 Å². The maximum atomic E-state index is 12.0. The summed E-state index contributed by atoms with van der Waals surface area (Å²) in [6.07, 6.45) is 1.39. The fraction of sp³-hybridized carbons (Fsp3) is 0.538. The van der Waals surface area contributed by atoms with Crippen LogP contribution in [0.15, 0.2) is 29.2 Å². The van der Waals surface area contributed by atoms with E-state index in [-0.39, 0.29) is 23.6 Å². The van der Waals surface area contributed by atoms with Gasteiger partial charge in [0.25, 0.3) is 0 Å². The van der Waals surface area contributed by atoms with Gasteiger partial charge in [-0.15, -0.1) is 0 Å². The van der Waals surface area contributed by atoms with Crippen LogP contribution in [0, 0.1) is 0 Å². The third-order valence-electron chi connectivity index (χ3n) is 2.80. The second-order valence-electron chi connectivity index (χ2n) is 4.81. The average Bonchev–Trinajstić information content (AvgIpc) is 2.41. The van der Waals surface area contributed by atoms with Crippen LogP contribution in [0.25, 0.3) is 0 Å². The predicted molar refractivity (Wildman–Crippen MR) is 83.3 cm³/mol. The Morgan fingerprint density at radius 2 is 1.67 bits per heavy atom. The number of sulfonamides is 1. The van der Waals surface area contributed by atoms with Crippen LogP contribution in [0.5, 0.6) is 0 Å². The van der Waals surface area contributed by atoms with Crippen molar-refractivity contribution in [3.8, 4) is 0 Å². The van der Waals surface area contributed by atoms with E-state index in [1.165, 1.54) is 0 Å². The molecule has 6 nitrogen and oxygen atoms in total. The molecule has 0 saturated heterocycles. The maximum absolute atomic E-state index is 12.0. The van der Waals surface area contributed by atoms with Crippen LogP contribution in [0.3, 0.4) is 0 Å². The molecule has 0 heterocycles. The third-order valence-corrected chi connectivity index (χ3v) is 5.30. The van der Waals surface area contributed by atoms with Gasteiger partial charge in [-0.1, -0.05) is 19.1 Å². The number of rotatable bonds is 9. The van der Waals surface area contributed by atoms with E-state index in [9.17, 15) is 16.8 Å². The molecule has 0 atom stereocenters. The zero-order chi connectivity index (χ0) is 15.9. The molecule has 0 saturated carbocycles. The third kappa shape index (κ3) is 7.03. The van der Waals surface area contributed by atoms with Crippen LogP contribution in [0.1, 0.15) is 18.9 Å². The zero-order valence-electron chi connectivity index (χ0n) is 12.3. The van der Waals surface area contributed by atoms with Crippen molar-refractivity contribution in [2.45, 2.75) is 24.8 Å².